The lowest BCUT2D eigenvalue weighted by atomic mass is 10.0. The molecule has 26 heavy (non-hydrogen) atoms. The number of hydrogen-bond acceptors (Lipinski definition) is 4. The highest BCUT2D eigenvalue weighted by Gasteiger charge is 2.11. The number of pyridine rings is 2. The summed E-state index contributed by atoms with van der Waals surface area (Å²) in [5.74, 6) is 0. The van der Waals surface area contributed by atoms with Crippen molar-refractivity contribution in [3.8, 4) is 11.1 Å². The van der Waals surface area contributed by atoms with Crippen molar-refractivity contribution in [1.82, 2.24) is 9.97 Å². The van der Waals surface area contributed by atoms with Gasteiger partial charge >= 0.3 is 0 Å². The Balaban J connectivity index is 1.57. The number of rotatable bonds is 1. The summed E-state index contributed by atoms with van der Waals surface area (Å²) in [5, 5.41) is 3.13. The second kappa shape index (κ2) is 4.92. The van der Waals surface area contributed by atoms with E-state index in [0.29, 0.717) is 0 Å². The van der Waals surface area contributed by atoms with Gasteiger partial charge in [0.25, 0.3) is 0 Å². The summed E-state index contributed by atoms with van der Waals surface area (Å²) in [6.45, 7) is 0. The molecule has 0 saturated heterocycles. The number of hydrogen-bond donors (Lipinski definition) is 0. The van der Waals surface area contributed by atoms with E-state index in [4.69, 9.17) is 8.83 Å². The van der Waals surface area contributed by atoms with E-state index in [2.05, 4.69) is 22.1 Å². The first-order chi connectivity index (χ1) is 12.9. The van der Waals surface area contributed by atoms with Crippen molar-refractivity contribution >= 4 is 44.0 Å². The molecule has 0 radical (unpaired) electrons. The maximum atomic E-state index is 5.97. The van der Waals surface area contributed by atoms with Crippen molar-refractivity contribution in [3.63, 3.8) is 0 Å². The quantitative estimate of drug-likeness (QED) is 0.373. The zero-order valence-electron chi connectivity index (χ0n) is 13.6. The summed E-state index contributed by atoms with van der Waals surface area (Å²) >= 11 is 0. The second-order valence-electron chi connectivity index (χ2n) is 6.35. The minimum Gasteiger partial charge on any atom is -0.456 e. The van der Waals surface area contributed by atoms with Crippen molar-refractivity contribution in [1.29, 1.82) is 0 Å². The fourth-order valence-corrected chi connectivity index (χ4v) is 3.55. The summed E-state index contributed by atoms with van der Waals surface area (Å²) in [4.78, 5) is 8.82. The first-order valence-corrected chi connectivity index (χ1v) is 8.41. The highest BCUT2D eigenvalue weighted by molar-refractivity contribution is 6.06. The first-order valence-electron chi connectivity index (χ1n) is 8.41. The van der Waals surface area contributed by atoms with Crippen LogP contribution in [0.1, 0.15) is 0 Å². The van der Waals surface area contributed by atoms with Gasteiger partial charge in [-0.2, -0.15) is 0 Å². The minimum absolute atomic E-state index is 0.789. The average molecular weight is 336 g/mol. The van der Waals surface area contributed by atoms with Gasteiger partial charge in [-0.15, -0.1) is 0 Å². The molecule has 6 rings (SSSR count). The van der Waals surface area contributed by atoms with Gasteiger partial charge in [-0.1, -0.05) is 18.2 Å². The highest BCUT2D eigenvalue weighted by atomic mass is 16.3. The fraction of sp³-hybridized carbons (Fsp3) is 0. The largest absolute Gasteiger partial charge is 0.456 e. The standard InChI is InChI=1S/C22H12N2O2/c1-2-4-18-16(3-1)22-21(26-18)10-14(11-24-22)13-5-6-15-17-12-23-8-7-19(17)25-20(15)9-13/h1-12H. The van der Waals surface area contributed by atoms with Crippen LogP contribution in [0, 0.1) is 0 Å². The predicted octanol–water partition coefficient (Wildman–Crippen LogP) is 5.94. The minimum atomic E-state index is 0.789. The monoisotopic (exact) mass is 336 g/mol. The van der Waals surface area contributed by atoms with E-state index in [0.717, 1.165) is 55.1 Å². The van der Waals surface area contributed by atoms with Crippen LogP contribution < -0.4 is 0 Å². The zero-order valence-corrected chi connectivity index (χ0v) is 13.6. The third-order valence-electron chi connectivity index (χ3n) is 4.82. The highest BCUT2D eigenvalue weighted by Crippen LogP contribution is 2.34. The first kappa shape index (κ1) is 13.6. The van der Waals surface area contributed by atoms with E-state index in [1.54, 1.807) is 6.20 Å². The molecule has 4 heteroatoms. The summed E-state index contributed by atoms with van der Waals surface area (Å²) in [7, 11) is 0. The van der Waals surface area contributed by atoms with Gasteiger partial charge in [-0.05, 0) is 42.0 Å². The molecule has 0 spiro atoms. The molecule has 0 unspecified atom stereocenters. The molecule has 0 N–H and O–H groups in total. The summed E-state index contributed by atoms with van der Waals surface area (Å²) in [5.41, 5.74) is 6.26. The topological polar surface area (TPSA) is 52.1 Å². The van der Waals surface area contributed by atoms with Crippen LogP contribution in [0.15, 0.2) is 82.0 Å². The van der Waals surface area contributed by atoms with Crippen molar-refractivity contribution in [2.75, 3.05) is 0 Å². The molecule has 0 fully saturated rings. The Labute approximate surface area is 147 Å². The van der Waals surface area contributed by atoms with Gasteiger partial charge in [0.05, 0.1) is 0 Å². The Kier molecular flexibility index (Phi) is 2.58. The molecule has 0 aliphatic carbocycles. The van der Waals surface area contributed by atoms with Crippen LogP contribution >= 0.6 is 0 Å². The Morgan fingerprint density at radius 3 is 2.46 bits per heavy atom. The van der Waals surface area contributed by atoms with E-state index >= 15 is 0 Å². The molecule has 0 aliphatic heterocycles. The number of nitrogens with zero attached hydrogens (tertiary/aromatic N) is 2. The number of furan rings is 2. The predicted molar refractivity (Wildman–Crippen MR) is 102 cm³/mol. The van der Waals surface area contributed by atoms with E-state index in [1.165, 1.54) is 0 Å². The Morgan fingerprint density at radius 2 is 1.46 bits per heavy atom. The van der Waals surface area contributed by atoms with E-state index in [1.807, 2.05) is 54.9 Å². The smallest absolute Gasteiger partial charge is 0.154 e. The van der Waals surface area contributed by atoms with E-state index in [-0.39, 0.29) is 0 Å². The van der Waals surface area contributed by atoms with Crippen molar-refractivity contribution in [3.05, 3.63) is 73.2 Å². The lowest BCUT2D eigenvalue weighted by Crippen LogP contribution is -1.81. The number of aromatic nitrogens is 2. The summed E-state index contributed by atoms with van der Waals surface area (Å²) in [6.07, 6.45) is 5.46. The fourth-order valence-electron chi connectivity index (χ4n) is 3.55. The molecule has 4 heterocycles. The van der Waals surface area contributed by atoms with Crippen LogP contribution in [0.25, 0.3) is 55.1 Å². The van der Waals surface area contributed by atoms with E-state index < -0.39 is 0 Å². The molecule has 122 valence electrons. The lowest BCUT2D eigenvalue weighted by molar-refractivity contribution is 0.667. The van der Waals surface area contributed by atoms with Gasteiger partial charge in [-0.3, -0.25) is 9.97 Å². The number of fused-ring (bicyclic) bond motifs is 6. The molecule has 0 aliphatic rings. The normalized spacial score (nSPS) is 11.8. The summed E-state index contributed by atoms with van der Waals surface area (Å²) in [6, 6.07) is 18.1. The molecule has 0 saturated carbocycles. The van der Waals surface area contributed by atoms with Crippen LogP contribution in [0.4, 0.5) is 0 Å². The zero-order chi connectivity index (χ0) is 17.1. The molecule has 0 amide bonds. The van der Waals surface area contributed by atoms with Crippen molar-refractivity contribution in [2.24, 2.45) is 0 Å². The number of benzene rings is 2. The molecule has 4 aromatic heterocycles. The van der Waals surface area contributed by atoms with Gasteiger partial charge in [0.2, 0.25) is 0 Å². The molecular formula is C22H12N2O2. The third-order valence-corrected chi connectivity index (χ3v) is 4.82. The molecule has 0 bridgehead atoms. The molecule has 0 atom stereocenters. The number of para-hydroxylation sites is 1. The molecule has 6 aromatic rings. The van der Waals surface area contributed by atoms with Crippen molar-refractivity contribution < 1.29 is 8.83 Å². The van der Waals surface area contributed by atoms with Gasteiger partial charge in [-0.25, -0.2) is 0 Å². The SMILES string of the molecule is c1ccc2c(c1)oc1cc(-c3ccc4c(c3)oc3ccncc34)cnc12. The van der Waals surface area contributed by atoms with Crippen molar-refractivity contribution in [2.45, 2.75) is 0 Å². The van der Waals surface area contributed by atoms with Crippen LogP contribution in [0.2, 0.25) is 0 Å². The van der Waals surface area contributed by atoms with Crippen LogP contribution in [0.5, 0.6) is 0 Å². The third kappa shape index (κ3) is 1.84. The maximum absolute atomic E-state index is 5.97. The van der Waals surface area contributed by atoms with Crippen LogP contribution in [-0.4, -0.2) is 9.97 Å². The van der Waals surface area contributed by atoms with E-state index in [9.17, 15) is 0 Å². The lowest BCUT2D eigenvalue weighted by Gasteiger charge is -2.01. The second-order valence-corrected chi connectivity index (χ2v) is 6.35. The van der Waals surface area contributed by atoms with Gasteiger partial charge < -0.3 is 8.83 Å². The maximum Gasteiger partial charge on any atom is 0.154 e. The Morgan fingerprint density at radius 1 is 0.615 bits per heavy atom. The Bertz CT molecular complexity index is 1330. The van der Waals surface area contributed by atoms with Crippen LogP contribution in [0.3, 0.4) is 0 Å². The van der Waals surface area contributed by atoms with Gasteiger partial charge in [0.15, 0.2) is 5.58 Å². The summed E-state index contributed by atoms with van der Waals surface area (Å²) < 4.78 is 11.9. The Hall–Kier alpha value is -3.66. The average Bonchev–Trinajstić information content (AvgIpc) is 3.24. The molecular weight excluding hydrogens is 324 g/mol. The molecule has 2 aromatic carbocycles. The van der Waals surface area contributed by atoms with Gasteiger partial charge in [0, 0.05) is 40.3 Å². The van der Waals surface area contributed by atoms with Gasteiger partial charge in [0.1, 0.15) is 22.3 Å². The molecule has 4 nitrogen and oxygen atoms in total. The van der Waals surface area contributed by atoms with Crippen LogP contribution in [-0.2, 0) is 0 Å².